The first-order valence-corrected chi connectivity index (χ1v) is 5.90. The highest BCUT2D eigenvalue weighted by Gasteiger charge is 2.30. The van der Waals surface area contributed by atoms with Crippen LogP contribution in [-0.4, -0.2) is 12.5 Å². The van der Waals surface area contributed by atoms with Crippen molar-refractivity contribution in [2.75, 3.05) is 6.54 Å². The normalized spacial score (nSPS) is 20.6. The molecule has 0 aliphatic carbocycles. The molecular formula is C13H14F3NO. The molecule has 1 aromatic rings. The van der Waals surface area contributed by atoms with Gasteiger partial charge in [0.15, 0.2) is 0 Å². The Bertz CT molecular complexity index is 425. The van der Waals surface area contributed by atoms with Crippen LogP contribution in [0.4, 0.5) is 13.2 Å². The third-order valence-electron chi connectivity index (χ3n) is 3.16. The lowest BCUT2D eigenvalue weighted by molar-refractivity contribution is -0.137. The Hall–Kier alpha value is -1.52. The van der Waals surface area contributed by atoms with Crippen LogP contribution >= 0.6 is 0 Å². The third kappa shape index (κ3) is 3.03. The number of amides is 1. The van der Waals surface area contributed by atoms with E-state index in [1.54, 1.807) is 0 Å². The zero-order chi connectivity index (χ0) is 13.2. The summed E-state index contributed by atoms with van der Waals surface area (Å²) in [5, 5.41) is 2.77. The Morgan fingerprint density at radius 1 is 1.22 bits per heavy atom. The lowest BCUT2D eigenvalue weighted by Crippen LogP contribution is -2.37. The lowest BCUT2D eigenvalue weighted by Gasteiger charge is -2.21. The van der Waals surface area contributed by atoms with Gasteiger partial charge < -0.3 is 5.32 Å². The van der Waals surface area contributed by atoms with Gasteiger partial charge in [0.1, 0.15) is 0 Å². The summed E-state index contributed by atoms with van der Waals surface area (Å²) in [7, 11) is 0. The molecule has 2 nitrogen and oxygen atoms in total. The molecule has 2 rings (SSSR count). The Morgan fingerprint density at radius 2 is 1.89 bits per heavy atom. The Balaban J connectivity index is 2.04. The van der Waals surface area contributed by atoms with E-state index in [4.69, 9.17) is 0 Å². The summed E-state index contributed by atoms with van der Waals surface area (Å²) in [6, 6.07) is 5.03. The highest BCUT2D eigenvalue weighted by atomic mass is 19.4. The number of hydrogen-bond donors (Lipinski definition) is 1. The van der Waals surface area contributed by atoms with Crippen molar-refractivity contribution in [3.63, 3.8) is 0 Å². The van der Waals surface area contributed by atoms with E-state index < -0.39 is 11.7 Å². The molecule has 0 bridgehead atoms. The molecule has 1 saturated heterocycles. The average Bonchev–Trinajstić information content (AvgIpc) is 2.32. The van der Waals surface area contributed by atoms with Crippen LogP contribution in [0.1, 0.15) is 24.0 Å². The first-order chi connectivity index (χ1) is 8.47. The van der Waals surface area contributed by atoms with Crippen molar-refractivity contribution in [3.8, 4) is 0 Å². The fraction of sp³-hybridized carbons (Fsp3) is 0.462. The first-order valence-electron chi connectivity index (χ1n) is 5.90. The molecule has 1 amide bonds. The molecule has 18 heavy (non-hydrogen) atoms. The molecule has 1 aliphatic rings. The topological polar surface area (TPSA) is 29.1 Å². The van der Waals surface area contributed by atoms with Gasteiger partial charge >= 0.3 is 6.18 Å². The highest BCUT2D eigenvalue weighted by molar-refractivity contribution is 5.79. The van der Waals surface area contributed by atoms with Gasteiger partial charge in [0, 0.05) is 12.5 Å². The molecule has 1 aromatic carbocycles. The van der Waals surface area contributed by atoms with Crippen LogP contribution in [0.2, 0.25) is 0 Å². The quantitative estimate of drug-likeness (QED) is 0.867. The number of carbonyl (C=O) groups is 1. The summed E-state index contributed by atoms with van der Waals surface area (Å²) < 4.78 is 37.1. The zero-order valence-electron chi connectivity index (χ0n) is 9.76. The van der Waals surface area contributed by atoms with E-state index in [-0.39, 0.29) is 11.8 Å². The van der Waals surface area contributed by atoms with Crippen molar-refractivity contribution in [3.05, 3.63) is 35.4 Å². The third-order valence-corrected chi connectivity index (χ3v) is 3.16. The molecule has 1 heterocycles. The molecule has 1 atom stereocenters. The molecule has 5 heteroatoms. The monoisotopic (exact) mass is 257 g/mol. The second-order valence-electron chi connectivity index (χ2n) is 4.53. The molecule has 1 aliphatic heterocycles. The van der Waals surface area contributed by atoms with Crippen LogP contribution in [0, 0.1) is 5.92 Å². The number of halogens is 3. The molecular weight excluding hydrogens is 243 g/mol. The van der Waals surface area contributed by atoms with Gasteiger partial charge in [-0.3, -0.25) is 4.79 Å². The summed E-state index contributed by atoms with van der Waals surface area (Å²) >= 11 is 0. The summed E-state index contributed by atoms with van der Waals surface area (Å²) in [6.07, 6.45) is -2.07. The zero-order valence-corrected chi connectivity index (χ0v) is 9.76. The maximum absolute atomic E-state index is 12.4. The molecule has 1 unspecified atom stereocenters. The van der Waals surface area contributed by atoms with Crippen LogP contribution in [0.25, 0.3) is 0 Å². The molecule has 0 aromatic heterocycles. The Labute approximate surface area is 103 Å². The van der Waals surface area contributed by atoms with Gasteiger partial charge in [0.2, 0.25) is 5.91 Å². The number of piperidine rings is 1. The largest absolute Gasteiger partial charge is 0.416 e. The average molecular weight is 257 g/mol. The van der Waals surface area contributed by atoms with Crippen molar-refractivity contribution < 1.29 is 18.0 Å². The van der Waals surface area contributed by atoms with Crippen molar-refractivity contribution in [1.82, 2.24) is 5.32 Å². The lowest BCUT2D eigenvalue weighted by atomic mass is 9.91. The predicted molar refractivity (Wildman–Crippen MR) is 60.9 cm³/mol. The van der Waals surface area contributed by atoms with Gasteiger partial charge in [-0.1, -0.05) is 12.1 Å². The molecule has 0 radical (unpaired) electrons. The molecule has 98 valence electrons. The molecule has 0 spiro atoms. The van der Waals surface area contributed by atoms with Gasteiger partial charge in [-0.15, -0.1) is 0 Å². The maximum Gasteiger partial charge on any atom is 0.416 e. The van der Waals surface area contributed by atoms with Crippen LogP contribution in [0.3, 0.4) is 0 Å². The van der Waals surface area contributed by atoms with Crippen LogP contribution < -0.4 is 5.32 Å². The minimum atomic E-state index is -4.30. The number of alkyl halides is 3. The van der Waals surface area contributed by atoms with Crippen molar-refractivity contribution in [2.24, 2.45) is 5.92 Å². The fourth-order valence-electron chi connectivity index (χ4n) is 2.14. The summed E-state index contributed by atoms with van der Waals surface area (Å²) in [5.74, 6) is -0.114. The molecule has 1 fully saturated rings. The summed E-state index contributed by atoms with van der Waals surface area (Å²) in [5.41, 5.74) is 0.115. The van der Waals surface area contributed by atoms with Gasteiger partial charge in [-0.25, -0.2) is 0 Å². The second kappa shape index (κ2) is 5.00. The van der Waals surface area contributed by atoms with Gasteiger partial charge in [-0.05, 0) is 37.0 Å². The van der Waals surface area contributed by atoms with Crippen LogP contribution in [0.15, 0.2) is 24.3 Å². The van der Waals surface area contributed by atoms with Crippen molar-refractivity contribution in [2.45, 2.75) is 25.4 Å². The van der Waals surface area contributed by atoms with E-state index in [1.165, 1.54) is 12.1 Å². The number of benzene rings is 1. The standard InChI is InChI=1S/C13H14F3NO/c14-13(15,16)11-5-3-9(4-6-11)8-10-2-1-7-17-12(10)18/h3-6,10H,1-2,7-8H2,(H,17,18). The van der Waals surface area contributed by atoms with E-state index in [0.29, 0.717) is 13.0 Å². The first kappa shape index (κ1) is 12.9. The van der Waals surface area contributed by atoms with E-state index >= 15 is 0 Å². The Morgan fingerprint density at radius 3 is 2.44 bits per heavy atom. The van der Waals surface area contributed by atoms with E-state index in [0.717, 1.165) is 30.5 Å². The Kier molecular flexibility index (Phi) is 3.59. The minimum Gasteiger partial charge on any atom is -0.356 e. The van der Waals surface area contributed by atoms with Crippen LogP contribution in [0.5, 0.6) is 0 Å². The molecule has 0 saturated carbocycles. The summed E-state index contributed by atoms with van der Waals surface area (Å²) in [6.45, 7) is 0.697. The predicted octanol–water partition coefficient (Wildman–Crippen LogP) is 2.77. The van der Waals surface area contributed by atoms with Crippen LogP contribution in [-0.2, 0) is 17.4 Å². The number of hydrogen-bond acceptors (Lipinski definition) is 1. The fourth-order valence-corrected chi connectivity index (χ4v) is 2.14. The van der Waals surface area contributed by atoms with E-state index in [2.05, 4.69) is 5.32 Å². The number of nitrogens with one attached hydrogen (secondary N) is 1. The SMILES string of the molecule is O=C1NCCCC1Cc1ccc(C(F)(F)F)cc1. The van der Waals surface area contributed by atoms with Gasteiger partial charge in [0.05, 0.1) is 5.56 Å². The maximum atomic E-state index is 12.4. The van der Waals surface area contributed by atoms with Gasteiger partial charge in [-0.2, -0.15) is 13.2 Å². The summed E-state index contributed by atoms with van der Waals surface area (Å²) in [4.78, 5) is 11.5. The van der Waals surface area contributed by atoms with Crippen molar-refractivity contribution in [1.29, 1.82) is 0 Å². The van der Waals surface area contributed by atoms with Gasteiger partial charge in [0.25, 0.3) is 0 Å². The smallest absolute Gasteiger partial charge is 0.356 e. The molecule has 1 N–H and O–H groups in total. The number of rotatable bonds is 2. The minimum absolute atomic E-state index is 0.00106. The van der Waals surface area contributed by atoms with Crippen molar-refractivity contribution >= 4 is 5.91 Å². The van der Waals surface area contributed by atoms with E-state index in [1.807, 2.05) is 0 Å². The highest BCUT2D eigenvalue weighted by Crippen LogP contribution is 2.29. The van der Waals surface area contributed by atoms with E-state index in [9.17, 15) is 18.0 Å². The number of carbonyl (C=O) groups excluding carboxylic acids is 1. The second-order valence-corrected chi connectivity index (χ2v) is 4.53.